The number of ether oxygens (including phenoxy) is 1. The van der Waals surface area contributed by atoms with Crippen LogP contribution in [-0.2, 0) is 10.0 Å². The summed E-state index contributed by atoms with van der Waals surface area (Å²) in [6.07, 6.45) is 2.30. The minimum absolute atomic E-state index is 0.0114. The smallest absolute Gasteiger partial charge is 0.250 e. The average molecular weight is 367 g/mol. The van der Waals surface area contributed by atoms with Crippen molar-refractivity contribution in [2.75, 3.05) is 26.7 Å². The Balaban J connectivity index is 1.80. The molecule has 1 atom stereocenters. The van der Waals surface area contributed by atoms with E-state index in [1.807, 2.05) is 24.3 Å². The molecular formula is C17H22N2O3S2. The molecule has 1 N–H and O–H groups in total. The molecule has 1 aromatic carbocycles. The topological polar surface area (TPSA) is 58.6 Å². The molecule has 0 aliphatic carbocycles. The van der Waals surface area contributed by atoms with Gasteiger partial charge in [-0.25, -0.2) is 13.1 Å². The molecule has 0 bridgehead atoms. The van der Waals surface area contributed by atoms with E-state index in [0.29, 0.717) is 10.8 Å². The molecule has 1 aromatic heterocycles. The monoisotopic (exact) mass is 366 g/mol. The Morgan fingerprint density at radius 1 is 1.25 bits per heavy atom. The van der Waals surface area contributed by atoms with Gasteiger partial charge in [-0.05, 0) is 55.1 Å². The van der Waals surface area contributed by atoms with Gasteiger partial charge in [0.25, 0.3) is 0 Å². The van der Waals surface area contributed by atoms with Crippen LogP contribution in [0.3, 0.4) is 0 Å². The summed E-state index contributed by atoms with van der Waals surface area (Å²) in [6.45, 7) is 2.33. The van der Waals surface area contributed by atoms with Crippen LogP contribution >= 0.6 is 11.3 Å². The number of hydrogen-bond donors (Lipinski definition) is 1. The highest BCUT2D eigenvalue weighted by atomic mass is 32.2. The number of rotatable bonds is 7. The fourth-order valence-electron chi connectivity index (χ4n) is 3.04. The summed E-state index contributed by atoms with van der Waals surface area (Å²) in [5.41, 5.74) is 1.07. The fraction of sp³-hybridized carbons (Fsp3) is 0.412. The number of sulfonamides is 1. The zero-order chi connectivity index (χ0) is 17.0. The van der Waals surface area contributed by atoms with Crippen LogP contribution < -0.4 is 9.46 Å². The molecule has 1 aliphatic heterocycles. The lowest BCUT2D eigenvalue weighted by Gasteiger charge is -2.28. The average Bonchev–Trinajstić information content (AvgIpc) is 3.29. The SMILES string of the molecule is COc1cccc(C(CNS(=O)(=O)c2cccs2)N2CCCC2)c1. The van der Waals surface area contributed by atoms with E-state index in [9.17, 15) is 8.42 Å². The van der Waals surface area contributed by atoms with Crippen LogP contribution in [0.1, 0.15) is 24.4 Å². The van der Waals surface area contributed by atoms with Crippen molar-refractivity contribution in [1.29, 1.82) is 0 Å². The van der Waals surface area contributed by atoms with Crippen molar-refractivity contribution < 1.29 is 13.2 Å². The van der Waals surface area contributed by atoms with Crippen molar-refractivity contribution in [3.63, 3.8) is 0 Å². The van der Waals surface area contributed by atoms with Crippen LogP contribution in [0.4, 0.5) is 0 Å². The van der Waals surface area contributed by atoms with E-state index in [4.69, 9.17) is 4.74 Å². The van der Waals surface area contributed by atoms with Crippen molar-refractivity contribution in [1.82, 2.24) is 9.62 Å². The van der Waals surface area contributed by atoms with E-state index < -0.39 is 10.0 Å². The van der Waals surface area contributed by atoms with Crippen LogP contribution in [0.25, 0.3) is 0 Å². The van der Waals surface area contributed by atoms with Gasteiger partial charge in [0.2, 0.25) is 10.0 Å². The van der Waals surface area contributed by atoms with E-state index in [1.165, 1.54) is 11.3 Å². The molecule has 1 saturated heterocycles. The predicted molar refractivity (Wildman–Crippen MR) is 96.0 cm³/mol. The number of nitrogens with zero attached hydrogens (tertiary/aromatic N) is 1. The lowest BCUT2D eigenvalue weighted by atomic mass is 10.1. The molecule has 0 spiro atoms. The third-order valence-electron chi connectivity index (χ3n) is 4.29. The lowest BCUT2D eigenvalue weighted by molar-refractivity contribution is 0.246. The highest BCUT2D eigenvalue weighted by molar-refractivity contribution is 7.91. The summed E-state index contributed by atoms with van der Waals surface area (Å²) in [5.74, 6) is 0.790. The van der Waals surface area contributed by atoms with E-state index in [2.05, 4.69) is 9.62 Å². The number of nitrogens with one attached hydrogen (secondary N) is 1. The summed E-state index contributed by atoms with van der Waals surface area (Å²) < 4.78 is 33.3. The van der Waals surface area contributed by atoms with E-state index in [-0.39, 0.29) is 6.04 Å². The zero-order valence-electron chi connectivity index (χ0n) is 13.6. The molecule has 1 fully saturated rings. The number of likely N-dealkylation sites (tertiary alicyclic amines) is 1. The summed E-state index contributed by atoms with van der Waals surface area (Å²) >= 11 is 1.23. The third-order valence-corrected chi connectivity index (χ3v) is 7.11. The molecule has 0 saturated carbocycles. The molecule has 24 heavy (non-hydrogen) atoms. The number of thiophene rings is 1. The highest BCUT2D eigenvalue weighted by Gasteiger charge is 2.26. The Morgan fingerprint density at radius 2 is 2.04 bits per heavy atom. The first-order valence-electron chi connectivity index (χ1n) is 8.01. The van der Waals surface area contributed by atoms with Gasteiger partial charge in [0.05, 0.1) is 7.11 Å². The van der Waals surface area contributed by atoms with E-state index in [0.717, 1.165) is 37.2 Å². The first kappa shape index (κ1) is 17.4. The van der Waals surface area contributed by atoms with E-state index in [1.54, 1.807) is 24.6 Å². The minimum atomic E-state index is -3.45. The molecule has 2 heterocycles. The first-order chi connectivity index (χ1) is 11.6. The van der Waals surface area contributed by atoms with Crippen molar-refractivity contribution >= 4 is 21.4 Å². The molecule has 130 valence electrons. The molecule has 5 nitrogen and oxygen atoms in total. The maximum atomic E-state index is 12.4. The van der Waals surface area contributed by atoms with E-state index >= 15 is 0 Å². The Labute approximate surface area is 147 Å². The van der Waals surface area contributed by atoms with Gasteiger partial charge in [0, 0.05) is 12.6 Å². The second-order valence-corrected chi connectivity index (χ2v) is 8.76. The van der Waals surface area contributed by atoms with Crippen LogP contribution in [0.5, 0.6) is 5.75 Å². The lowest BCUT2D eigenvalue weighted by Crippen LogP contribution is -2.36. The summed E-state index contributed by atoms with van der Waals surface area (Å²) in [4.78, 5) is 2.34. The van der Waals surface area contributed by atoms with Crippen molar-refractivity contribution in [3.8, 4) is 5.75 Å². The van der Waals surface area contributed by atoms with Crippen LogP contribution in [-0.4, -0.2) is 40.1 Å². The molecule has 0 amide bonds. The van der Waals surface area contributed by atoms with Gasteiger partial charge in [0.1, 0.15) is 9.96 Å². The van der Waals surface area contributed by atoms with Crippen LogP contribution in [0, 0.1) is 0 Å². The third kappa shape index (κ3) is 3.97. The molecule has 1 unspecified atom stereocenters. The van der Waals surface area contributed by atoms with Gasteiger partial charge in [-0.2, -0.15) is 0 Å². The fourth-order valence-corrected chi connectivity index (χ4v) is 5.11. The maximum absolute atomic E-state index is 12.4. The second-order valence-electron chi connectivity index (χ2n) is 5.82. The van der Waals surface area contributed by atoms with Gasteiger partial charge in [-0.1, -0.05) is 18.2 Å². The van der Waals surface area contributed by atoms with Gasteiger partial charge in [0.15, 0.2) is 0 Å². The van der Waals surface area contributed by atoms with Crippen molar-refractivity contribution in [2.24, 2.45) is 0 Å². The quantitative estimate of drug-likeness (QED) is 0.819. The molecule has 2 aromatic rings. The zero-order valence-corrected chi connectivity index (χ0v) is 15.3. The van der Waals surface area contributed by atoms with Crippen molar-refractivity contribution in [2.45, 2.75) is 23.1 Å². The summed E-state index contributed by atoms with van der Waals surface area (Å²) in [7, 11) is -1.81. The molecule has 3 rings (SSSR count). The van der Waals surface area contributed by atoms with Gasteiger partial charge in [-0.15, -0.1) is 11.3 Å². The molecule has 7 heteroatoms. The van der Waals surface area contributed by atoms with Crippen molar-refractivity contribution in [3.05, 3.63) is 47.3 Å². The van der Waals surface area contributed by atoms with Crippen LogP contribution in [0.2, 0.25) is 0 Å². The number of methoxy groups -OCH3 is 1. The van der Waals surface area contributed by atoms with Gasteiger partial charge in [-0.3, -0.25) is 4.90 Å². The Morgan fingerprint density at radius 3 is 2.71 bits per heavy atom. The number of hydrogen-bond acceptors (Lipinski definition) is 5. The summed E-state index contributed by atoms with van der Waals surface area (Å²) in [6, 6.07) is 11.3. The highest BCUT2D eigenvalue weighted by Crippen LogP contribution is 2.27. The Bertz CT molecular complexity index is 754. The normalized spacial score (nSPS) is 17.0. The second kappa shape index (κ2) is 7.65. The summed E-state index contributed by atoms with van der Waals surface area (Å²) in [5, 5.41) is 1.77. The standard InChI is InChI=1S/C17H22N2O3S2/c1-22-15-7-4-6-14(12-15)16(19-9-2-3-10-19)13-18-24(20,21)17-8-5-11-23-17/h4-8,11-12,16,18H,2-3,9-10,13H2,1H3. The van der Waals surface area contributed by atoms with Gasteiger partial charge >= 0.3 is 0 Å². The Hall–Kier alpha value is -1.41. The number of benzene rings is 1. The van der Waals surface area contributed by atoms with Crippen LogP contribution in [0.15, 0.2) is 46.0 Å². The molecule has 1 aliphatic rings. The molecule has 0 radical (unpaired) electrons. The maximum Gasteiger partial charge on any atom is 0.250 e. The molecular weight excluding hydrogens is 344 g/mol. The minimum Gasteiger partial charge on any atom is -0.497 e. The largest absolute Gasteiger partial charge is 0.497 e. The Kier molecular flexibility index (Phi) is 5.55. The predicted octanol–water partition coefficient (Wildman–Crippen LogP) is 2.87. The van der Waals surface area contributed by atoms with Gasteiger partial charge < -0.3 is 4.74 Å². The first-order valence-corrected chi connectivity index (χ1v) is 10.4.